The van der Waals surface area contributed by atoms with Crippen molar-refractivity contribution in [3.8, 4) is 0 Å². The lowest BCUT2D eigenvalue weighted by molar-refractivity contribution is -0.117. The summed E-state index contributed by atoms with van der Waals surface area (Å²) in [4.78, 5) is 10.6. The predicted octanol–water partition coefficient (Wildman–Crippen LogP) is 1.48. The molecule has 52 valence electrons. The number of cyclic esters (lactones) is 1. The molecule has 9 heavy (non-hydrogen) atoms. The Hall–Kier alpha value is -0.0500. The van der Waals surface area contributed by atoms with Crippen LogP contribution in [0, 0.1) is 0 Å². The Balaban J connectivity index is 2.19. The van der Waals surface area contributed by atoms with E-state index in [1.165, 1.54) is 0 Å². The molecule has 1 heterocycles. The van der Waals surface area contributed by atoms with E-state index in [1.807, 2.05) is 0 Å². The van der Waals surface area contributed by atoms with Crippen molar-refractivity contribution in [3.63, 3.8) is 0 Å². The van der Waals surface area contributed by atoms with Crippen molar-refractivity contribution in [2.45, 2.75) is 30.7 Å². The van der Waals surface area contributed by atoms with Gasteiger partial charge in [0.25, 0.3) is 0 Å². The smallest absolute Gasteiger partial charge is 0.349 e. The number of carbonyl (C=O) groups excluding carboxylic acids is 1. The lowest BCUT2D eigenvalue weighted by Gasteiger charge is -1.97. The van der Waals surface area contributed by atoms with Crippen LogP contribution in [0.5, 0.6) is 0 Å². The van der Waals surface area contributed by atoms with Crippen LogP contribution in [0.4, 0.5) is 0 Å². The second-order valence-corrected chi connectivity index (χ2v) is 3.34. The maximum atomic E-state index is 10.4. The van der Waals surface area contributed by atoms with Crippen LogP contribution in [0.25, 0.3) is 0 Å². The molecule has 0 N–H and O–H groups in total. The van der Waals surface area contributed by atoms with Crippen LogP contribution in [0.3, 0.4) is 0 Å². The van der Waals surface area contributed by atoms with Gasteiger partial charge in [-0.05, 0) is 6.42 Å². The molecular formula is C6H9BrO2. The van der Waals surface area contributed by atoms with Crippen molar-refractivity contribution in [2.75, 3.05) is 0 Å². The molecular weight excluding hydrogens is 184 g/mol. The third-order valence-corrected chi connectivity index (χ3v) is 2.25. The standard InChI is InChI=1S/C6H9BrO2/c1-2-3-4(7)5-6(8)9-5/h4-5H,2-3H2,1H3. The number of hydrogen-bond donors (Lipinski definition) is 0. The minimum absolute atomic E-state index is 0.0645. The monoisotopic (exact) mass is 192 g/mol. The van der Waals surface area contributed by atoms with Crippen molar-refractivity contribution in [3.05, 3.63) is 0 Å². The number of ether oxygens (including phenoxy) is 1. The first-order valence-corrected chi connectivity index (χ1v) is 4.02. The molecule has 0 spiro atoms. The summed E-state index contributed by atoms with van der Waals surface area (Å²) in [6.45, 7) is 2.08. The van der Waals surface area contributed by atoms with Gasteiger partial charge in [-0.3, -0.25) is 0 Å². The number of epoxide rings is 1. The zero-order chi connectivity index (χ0) is 6.85. The van der Waals surface area contributed by atoms with Crippen LogP contribution in [-0.2, 0) is 9.53 Å². The molecule has 0 aliphatic carbocycles. The lowest BCUT2D eigenvalue weighted by Crippen LogP contribution is -2.06. The van der Waals surface area contributed by atoms with E-state index < -0.39 is 0 Å². The highest BCUT2D eigenvalue weighted by atomic mass is 79.9. The molecule has 0 saturated carbocycles. The third kappa shape index (κ3) is 1.68. The van der Waals surface area contributed by atoms with Gasteiger partial charge in [-0.2, -0.15) is 0 Å². The van der Waals surface area contributed by atoms with Crippen LogP contribution in [0.1, 0.15) is 19.8 Å². The zero-order valence-corrected chi connectivity index (χ0v) is 6.85. The molecule has 0 amide bonds. The predicted molar refractivity (Wildman–Crippen MR) is 37.5 cm³/mol. The van der Waals surface area contributed by atoms with E-state index in [-0.39, 0.29) is 16.9 Å². The summed E-state index contributed by atoms with van der Waals surface area (Å²) in [6.07, 6.45) is 1.96. The quantitative estimate of drug-likeness (QED) is 0.501. The van der Waals surface area contributed by atoms with Gasteiger partial charge in [0.05, 0.1) is 4.83 Å². The summed E-state index contributed by atoms with van der Waals surface area (Å²) >= 11 is 3.36. The second kappa shape index (κ2) is 2.69. The average Bonchev–Trinajstić information content (AvgIpc) is 2.47. The summed E-state index contributed by atoms with van der Waals surface area (Å²) < 4.78 is 4.65. The molecule has 3 heteroatoms. The van der Waals surface area contributed by atoms with Crippen LogP contribution >= 0.6 is 15.9 Å². The molecule has 2 unspecified atom stereocenters. The molecule has 0 radical (unpaired) electrons. The van der Waals surface area contributed by atoms with Gasteiger partial charge < -0.3 is 4.74 Å². The summed E-state index contributed by atoms with van der Waals surface area (Å²) in [6, 6.07) is 0. The molecule has 2 nitrogen and oxygen atoms in total. The Labute approximate surface area is 62.7 Å². The molecule has 1 saturated heterocycles. The first-order valence-electron chi connectivity index (χ1n) is 3.10. The molecule has 0 aromatic heterocycles. The third-order valence-electron chi connectivity index (χ3n) is 1.31. The average molecular weight is 193 g/mol. The molecule has 0 bridgehead atoms. The van der Waals surface area contributed by atoms with Crippen LogP contribution in [-0.4, -0.2) is 16.9 Å². The van der Waals surface area contributed by atoms with E-state index in [0.717, 1.165) is 12.8 Å². The topological polar surface area (TPSA) is 29.6 Å². The van der Waals surface area contributed by atoms with Gasteiger partial charge >= 0.3 is 5.97 Å². The number of alkyl halides is 1. The Morgan fingerprint density at radius 2 is 2.44 bits per heavy atom. The Morgan fingerprint density at radius 1 is 1.89 bits per heavy atom. The minimum atomic E-state index is -0.134. The van der Waals surface area contributed by atoms with Gasteiger partial charge in [0.15, 0.2) is 0 Å². The van der Waals surface area contributed by atoms with Crippen LogP contribution < -0.4 is 0 Å². The first kappa shape index (κ1) is 7.06. The fourth-order valence-electron chi connectivity index (χ4n) is 0.740. The summed E-state index contributed by atoms with van der Waals surface area (Å²) in [7, 11) is 0. The molecule has 0 aromatic carbocycles. The summed E-state index contributed by atoms with van der Waals surface area (Å²) in [5, 5.41) is 0. The fraction of sp³-hybridized carbons (Fsp3) is 0.833. The minimum Gasteiger partial charge on any atom is -0.446 e. The Morgan fingerprint density at radius 3 is 2.78 bits per heavy atom. The van der Waals surface area contributed by atoms with Gasteiger partial charge in [0.1, 0.15) is 0 Å². The van der Waals surface area contributed by atoms with E-state index in [2.05, 4.69) is 27.6 Å². The molecule has 1 aliphatic heterocycles. The lowest BCUT2D eigenvalue weighted by atomic mass is 10.2. The second-order valence-electron chi connectivity index (χ2n) is 2.16. The maximum absolute atomic E-state index is 10.4. The molecule has 1 rings (SSSR count). The van der Waals surface area contributed by atoms with Crippen molar-refractivity contribution in [1.82, 2.24) is 0 Å². The van der Waals surface area contributed by atoms with E-state index in [1.54, 1.807) is 0 Å². The molecule has 1 aliphatic rings. The Bertz CT molecular complexity index is 124. The highest BCUT2D eigenvalue weighted by molar-refractivity contribution is 9.09. The highest BCUT2D eigenvalue weighted by Gasteiger charge is 2.43. The molecule has 0 aromatic rings. The largest absolute Gasteiger partial charge is 0.446 e. The number of hydrogen-bond acceptors (Lipinski definition) is 2. The van der Waals surface area contributed by atoms with Crippen molar-refractivity contribution in [1.29, 1.82) is 0 Å². The van der Waals surface area contributed by atoms with Gasteiger partial charge in [-0.1, -0.05) is 29.3 Å². The van der Waals surface area contributed by atoms with Gasteiger partial charge in [0.2, 0.25) is 6.10 Å². The maximum Gasteiger partial charge on any atom is 0.349 e. The number of halogens is 1. The number of rotatable bonds is 3. The van der Waals surface area contributed by atoms with E-state index in [9.17, 15) is 4.79 Å². The van der Waals surface area contributed by atoms with Gasteiger partial charge in [0, 0.05) is 0 Å². The van der Waals surface area contributed by atoms with Gasteiger partial charge in [-0.25, -0.2) is 4.79 Å². The summed E-state index contributed by atoms with van der Waals surface area (Å²) in [5.41, 5.74) is 0. The fourth-order valence-corrected chi connectivity index (χ4v) is 1.52. The van der Waals surface area contributed by atoms with Crippen LogP contribution in [0.15, 0.2) is 0 Å². The number of carbonyl (C=O) groups is 1. The molecule has 2 atom stereocenters. The zero-order valence-electron chi connectivity index (χ0n) is 5.26. The van der Waals surface area contributed by atoms with Crippen molar-refractivity contribution in [2.24, 2.45) is 0 Å². The van der Waals surface area contributed by atoms with Crippen molar-refractivity contribution < 1.29 is 9.53 Å². The molecule has 1 fully saturated rings. The van der Waals surface area contributed by atoms with E-state index in [0.29, 0.717) is 0 Å². The SMILES string of the molecule is CCCC(Br)C1OC1=O. The van der Waals surface area contributed by atoms with E-state index in [4.69, 9.17) is 0 Å². The van der Waals surface area contributed by atoms with Crippen LogP contribution in [0.2, 0.25) is 0 Å². The normalized spacial score (nSPS) is 27.3. The van der Waals surface area contributed by atoms with E-state index >= 15 is 0 Å². The van der Waals surface area contributed by atoms with Gasteiger partial charge in [-0.15, -0.1) is 0 Å². The highest BCUT2D eigenvalue weighted by Crippen LogP contribution is 2.25. The Kier molecular flexibility index (Phi) is 2.11. The van der Waals surface area contributed by atoms with Crippen molar-refractivity contribution >= 4 is 21.9 Å². The summed E-state index contributed by atoms with van der Waals surface area (Å²) in [5.74, 6) is -0.0645. The first-order chi connectivity index (χ1) is 4.25.